The van der Waals surface area contributed by atoms with Gasteiger partial charge >= 0.3 is 6.36 Å². The van der Waals surface area contributed by atoms with Crippen LogP contribution in [0.2, 0.25) is 0 Å². The topological polar surface area (TPSA) is 65.1 Å². The van der Waals surface area contributed by atoms with Gasteiger partial charge in [0.05, 0.1) is 13.2 Å². The van der Waals surface area contributed by atoms with Gasteiger partial charge in [-0.05, 0) is 42.5 Å². The smallest absolute Gasteiger partial charge is 0.484 e. The summed E-state index contributed by atoms with van der Waals surface area (Å²) in [7, 11) is 0. The van der Waals surface area contributed by atoms with E-state index < -0.39 is 17.9 Å². The van der Waals surface area contributed by atoms with Crippen molar-refractivity contribution in [2.75, 3.05) is 32.9 Å². The third-order valence-corrected chi connectivity index (χ3v) is 4.42. The predicted octanol–water partition coefficient (Wildman–Crippen LogP) is 3.72. The van der Waals surface area contributed by atoms with Crippen LogP contribution in [-0.4, -0.2) is 55.9 Å². The highest BCUT2D eigenvalue weighted by atomic mass is 19.4. The molecule has 1 aliphatic rings. The molecule has 31 heavy (non-hydrogen) atoms. The van der Waals surface area contributed by atoms with Gasteiger partial charge in [-0.15, -0.1) is 13.2 Å². The Hall–Kier alpha value is -3.33. The Morgan fingerprint density at radius 3 is 2.39 bits per heavy atom. The summed E-state index contributed by atoms with van der Waals surface area (Å²) in [5.74, 6) is -0.525. The monoisotopic (exact) mass is 435 g/mol. The second-order valence-corrected chi connectivity index (χ2v) is 6.59. The first-order chi connectivity index (χ1) is 14.8. The molecule has 6 nitrogen and oxygen atoms in total. The van der Waals surface area contributed by atoms with Crippen molar-refractivity contribution in [2.45, 2.75) is 6.36 Å². The van der Waals surface area contributed by atoms with Gasteiger partial charge in [0.1, 0.15) is 11.5 Å². The average Bonchev–Trinajstić information content (AvgIpc) is 2.76. The molecule has 0 unspecified atom stereocenters. The van der Waals surface area contributed by atoms with Crippen LogP contribution in [-0.2, 0) is 9.53 Å². The van der Waals surface area contributed by atoms with Gasteiger partial charge in [0.15, 0.2) is 12.4 Å². The number of carbonyl (C=O) groups excluding carboxylic acids is 2. The molecule has 0 saturated carbocycles. The van der Waals surface area contributed by atoms with Crippen LogP contribution < -0.4 is 9.47 Å². The fourth-order valence-electron chi connectivity index (χ4n) is 2.86. The second-order valence-electron chi connectivity index (χ2n) is 6.59. The summed E-state index contributed by atoms with van der Waals surface area (Å²) < 4.78 is 52.1. The third kappa shape index (κ3) is 6.85. The van der Waals surface area contributed by atoms with Crippen molar-refractivity contribution in [3.63, 3.8) is 0 Å². The van der Waals surface area contributed by atoms with Crippen molar-refractivity contribution >= 4 is 17.8 Å². The standard InChI is InChI=1S/C22H20F3NO5/c23-22(24,25)31-20-4-2-1-3-17(20)7-10-19(27)16-5-8-18(9-6-16)30-15-21(28)26-11-13-29-14-12-26/h1-10H,11-15H2/b10-7-. The summed E-state index contributed by atoms with van der Waals surface area (Å²) in [5, 5.41) is 0. The number of allylic oxidation sites excluding steroid dienone is 1. The number of rotatable bonds is 7. The van der Waals surface area contributed by atoms with Crippen LogP contribution in [0.4, 0.5) is 13.2 Å². The molecule has 0 spiro atoms. The normalized spacial score (nSPS) is 14.5. The number of carbonyl (C=O) groups is 2. The summed E-state index contributed by atoms with van der Waals surface area (Å²) in [6.07, 6.45) is -2.40. The largest absolute Gasteiger partial charge is 0.573 e. The van der Waals surface area contributed by atoms with Crippen LogP contribution in [0.15, 0.2) is 54.6 Å². The number of benzene rings is 2. The van der Waals surface area contributed by atoms with Gasteiger partial charge in [-0.2, -0.15) is 0 Å². The molecule has 1 fully saturated rings. The van der Waals surface area contributed by atoms with Crippen LogP contribution in [0.3, 0.4) is 0 Å². The van der Waals surface area contributed by atoms with E-state index in [2.05, 4.69) is 4.74 Å². The Labute approximate surface area is 176 Å². The molecule has 1 saturated heterocycles. The second kappa shape index (κ2) is 10.1. The lowest BCUT2D eigenvalue weighted by atomic mass is 10.1. The van der Waals surface area contributed by atoms with Crippen molar-refractivity contribution in [2.24, 2.45) is 0 Å². The van der Waals surface area contributed by atoms with Crippen molar-refractivity contribution in [3.05, 3.63) is 65.7 Å². The Balaban J connectivity index is 1.57. The number of para-hydroxylation sites is 1. The van der Waals surface area contributed by atoms with Crippen molar-refractivity contribution < 1.29 is 37.0 Å². The number of amides is 1. The number of morpholine rings is 1. The van der Waals surface area contributed by atoms with Gasteiger partial charge in [0, 0.05) is 24.2 Å². The maximum Gasteiger partial charge on any atom is 0.573 e. The van der Waals surface area contributed by atoms with Gasteiger partial charge < -0.3 is 19.1 Å². The van der Waals surface area contributed by atoms with E-state index in [0.717, 1.165) is 6.08 Å². The molecule has 2 aromatic carbocycles. The number of hydrogen-bond donors (Lipinski definition) is 0. The molecule has 2 aromatic rings. The summed E-state index contributed by atoms with van der Waals surface area (Å²) in [6, 6.07) is 11.6. The molecule has 164 valence electrons. The summed E-state index contributed by atoms with van der Waals surface area (Å²) in [6.45, 7) is 1.94. The van der Waals surface area contributed by atoms with Crippen LogP contribution in [0, 0.1) is 0 Å². The highest BCUT2D eigenvalue weighted by molar-refractivity contribution is 6.07. The summed E-state index contributed by atoms with van der Waals surface area (Å²) in [4.78, 5) is 26.1. The molecule has 3 rings (SSSR count). The van der Waals surface area contributed by atoms with E-state index in [-0.39, 0.29) is 18.1 Å². The maximum atomic E-state index is 12.5. The zero-order valence-corrected chi connectivity index (χ0v) is 16.4. The van der Waals surface area contributed by atoms with Gasteiger partial charge in [-0.1, -0.05) is 18.2 Å². The fraction of sp³-hybridized carbons (Fsp3) is 0.273. The Morgan fingerprint density at radius 2 is 1.71 bits per heavy atom. The molecular formula is C22H20F3NO5. The lowest BCUT2D eigenvalue weighted by Gasteiger charge is -2.26. The van der Waals surface area contributed by atoms with Crippen LogP contribution in [0.5, 0.6) is 11.5 Å². The van der Waals surface area contributed by atoms with Crippen LogP contribution in [0.1, 0.15) is 15.9 Å². The molecule has 0 atom stereocenters. The van der Waals surface area contributed by atoms with E-state index in [9.17, 15) is 22.8 Å². The SMILES string of the molecule is O=C(/C=C\c1ccccc1OC(F)(F)F)c1ccc(OCC(=O)N2CCOCC2)cc1. The molecular weight excluding hydrogens is 415 g/mol. The van der Waals surface area contributed by atoms with E-state index in [1.54, 1.807) is 17.0 Å². The van der Waals surface area contributed by atoms with E-state index in [4.69, 9.17) is 9.47 Å². The number of ketones is 1. The van der Waals surface area contributed by atoms with Gasteiger partial charge in [-0.3, -0.25) is 9.59 Å². The summed E-state index contributed by atoms with van der Waals surface area (Å²) in [5.41, 5.74) is 0.437. The van der Waals surface area contributed by atoms with Crippen molar-refractivity contribution in [1.82, 2.24) is 4.90 Å². The quantitative estimate of drug-likeness (QED) is 0.490. The lowest BCUT2D eigenvalue weighted by Crippen LogP contribution is -2.42. The Kier molecular flexibility index (Phi) is 7.30. The molecule has 0 aromatic heterocycles. The van der Waals surface area contributed by atoms with E-state index in [1.807, 2.05) is 0 Å². The molecule has 0 bridgehead atoms. The Bertz CT molecular complexity index is 935. The molecule has 0 N–H and O–H groups in total. The number of halogens is 3. The van der Waals surface area contributed by atoms with E-state index >= 15 is 0 Å². The Morgan fingerprint density at radius 1 is 1.03 bits per heavy atom. The van der Waals surface area contributed by atoms with Crippen molar-refractivity contribution in [3.8, 4) is 11.5 Å². The molecule has 1 heterocycles. The van der Waals surface area contributed by atoms with Gasteiger partial charge in [-0.25, -0.2) is 0 Å². The third-order valence-electron chi connectivity index (χ3n) is 4.42. The first-order valence-corrected chi connectivity index (χ1v) is 9.47. The minimum absolute atomic E-state index is 0.120. The lowest BCUT2D eigenvalue weighted by molar-refractivity contribution is -0.274. The van der Waals surface area contributed by atoms with E-state index in [0.29, 0.717) is 37.6 Å². The minimum atomic E-state index is -4.83. The van der Waals surface area contributed by atoms with Crippen LogP contribution >= 0.6 is 0 Å². The zero-order valence-electron chi connectivity index (χ0n) is 16.4. The average molecular weight is 435 g/mol. The molecule has 9 heteroatoms. The number of nitrogens with zero attached hydrogens (tertiary/aromatic N) is 1. The van der Waals surface area contributed by atoms with E-state index in [1.165, 1.54) is 42.5 Å². The maximum absolute atomic E-state index is 12.5. The predicted molar refractivity (Wildman–Crippen MR) is 106 cm³/mol. The fourth-order valence-corrected chi connectivity index (χ4v) is 2.86. The highest BCUT2D eigenvalue weighted by Gasteiger charge is 2.31. The molecule has 1 aliphatic heterocycles. The van der Waals surface area contributed by atoms with Crippen LogP contribution in [0.25, 0.3) is 6.08 Å². The number of hydrogen-bond acceptors (Lipinski definition) is 5. The minimum Gasteiger partial charge on any atom is -0.484 e. The number of ether oxygens (including phenoxy) is 3. The van der Waals surface area contributed by atoms with Crippen molar-refractivity contribution in [1.29, 1.82) is 0 Å². The molecule has 0 radical (unpaired) electrons. The first kappa shape index (κ1) is 22.4. The zero-order chi connectivity index (χ0) is 22.3. The number of alkyl halides is 3. The molecule has 1 amide bonds. The van der Waals surface area contributed by atoms with Gasteiger partial charge in [0.25, 0.3) is 5.91 Å². The molecule has 0 aliphatic carbocycles. The first-order valence-electron chi connectivity index (χ1n) is 9.47. The van der Waals surface area contributed by atoms with Gasteiger partial charge in [0.2, 0.25) is 0 Å². The highest BCUT2D eigenvalue weighted by Crippen LogP contribution is 2.27. The summed E-state index contributed by atoms with van der Waals surface area (Å²) >= 11 is 0.